The second kappa shape index (κ2) is 10.6. The van der Waals surface area contributed by atoms with Crippen molar-refractivity contribution in [1.29, 1.82) is 0 Å². The van der Waals surface area contributed by atoms with E-state index in [9.17, 15) is 14.4 Å². The molecule has 0 aliphatic carbocycles. The molecule has 0 aromatic heterocycles. The van der Waals surface area contributed by atoms with Gasteiger partial charge in [0.15, 0.2) is 0 Å². The minimum Gasteiger partial charge on any atom is -0.458 e. The summed E-state index contributed by atoms with van der Waals surface area (Å²) in [6, 6.07) is 25.4. The van der Waals surface area contributed by atoms with E-state index in [1.807, 2.05) is 0 Å². The van der Waals surface area contributed by atoms with E-state index in [1.165, 1.54) is 0 Å². The van der Waals surface area contributed by atoms with Crippen molar-refractivity contribution in [1.82, 2.24) is 0 Å². The number of benzene rings is 3. The molecule has 0 saturated heterocycles. The maximum atomic E-state index is 12.4. The monoisotopic (exact) mass is 404 g/mol. The van der Waals surface area contributed by atoms with Gasteiger partial charge in [0, 0.05) is 0 Å². The summed E-state index contributed by atoms with van der Waals surface area (Å²) in [6.07, 6.45) is -1.63. The molecule has 3 aromatic rings. The van der Waals surface area contributed by atoms with Crippen LogP contribution in [0.2, 0.25) is 0 Å². The van der Waals surface area contributed by atoms with Gasteiger partial charge in [0.25, 0.3) is 0 Å². The first kappa shape index (κ1) is 20.8. The van der Waals surface area contributed by atoms with E-state index in [0.29, 0.717) is 17.1 Å². The van der Waals surface area contributed by atoms with E-state index in [0.717, 1.165) is 0 Å². The van der Waals surface area contributed by atoms with E-state index >= 15 is 0 Å². The Hall–Kier alpha value is -3.93. The second-order valence-corrected chi connectivity index (χ2v) is 6.38. The normalized spacial score (nSPS) is 10.3. The van der Waals surface area contributed by atoms with Gasteiger partial charge in [-0.15, -0.1) is 0 Å². The van der Waals surface area contributed by atoms with E-state index < -0.39 is 24.0 Å². The summed E-state index contributed by atoms with van der Waals surface area (Å²) < 4.78 is 15.9. The molecule has 3 rings (SSSR count). The van der Waals surface area contributed by atoms with Crippen LogP contribution in [0.15, 0.2) is 91.0 Å². The molecule has 3 aromatic carbocycles. The summed E-state index contributed by atoms with van der Waals surface area (Å²) in [5.41, 5.74) is 0.315. The van der Waals surface area contributed by atoms with Crippen molar-refractivity contribution in [3.63, 3.8) is 0 Å². The van der Waals surface area contributed by atoms with Gasteiger partial charge >= 0.3 is 17.9 Å². The lowest BCUT2D eigenvalue weighted by atomic mass is 10.1. The smallest absolute Gasteiger partial charge is 0.338 e. The van der Waals surface area contributed by atoms with Crippen LogP contribution in [0.5, 0.6) is 11.5 Å². The zero-order valence-corrected chi connectivity index (χ0v) is 16.1. The standard InChI is InChI=1S/C24H20O6/c25-22(28-19-12-6-2-7-13-19)16-21(30-24(27)18-10-4-1-5-11-18)17-23(26)29-20-14-8-3-9-15-20/h1-15,21H,16-17H2. The summed E-state index contributed by atoms with van der Waals surface area (Å²) in [5.74, 6) is -1.16. The van der Waals surface area contributed by atoms with E-state index in [4.69, 9.17) is 14.2 Å². The van der Waals surface area contributed by atoms with Crippen LogP contribution in [0.25, 0.3) is 0 Å². The Kier molecular flexibility index (Phi) is 7.33. The molecule has 0 atom stereocenters. The zero-order valence-electron chi connectivity index (χ0n) is 16.1. The molecule has 30 heavy (non-hydrogen) atoms. The van der Waals surface area contributed by atoms with Crippen molar-refractivity contribution in [2.24, 2.45) is 0 Å². The molecular formula is C24H20O6. The maximum absolute atomic E-state index is 12.4. The summed E-state index contributed by atoms with van der Waals surface area (Å²) in [4.78, 5) is 37.0. The lowest BCUT2D eigenvalue weighted by Gasteiger charge is -2.17. The number of carbonyl (C=O) groups is 3. The van der Waals surface area contributed by atoms with E-state index in [-0.39, 0.29) is 12.8 Å². The number of carbonyl (C=O) groups excluding carboxylic acids is 3. The number of hydrogen-bond donors (Lipinski definition) is 0. The highest BCUT2D eigenvalue weighted by Crippen LogP contribution is 2.16. The van der Waals surface area contributed by atoms with Crippen LogP contribution < -0.4 is 9.47 Å². The summed E-state index contributed by atoms with van der Waals surface area (Å²) in [5, 5.41) is 0. The molecule has 0 radical (unpaired) electrons. The molecule has 6 heteroatoms. The van der Waals surface area contributed by atoms with Crippen molar-refractivity contribution in [2.45, 2.75) is 18.9 Å². The number of rotatable bonds is 8. The van der Waals surface area contributed by atoms with Gasteiger partial charge in [-0.1, -0.05) is 54.6 Å². The fourth-order valence-electron chi connectivity index (χ4n) is 2.64. The van der Waals surface area contributed by atoms with Crippen molar-refractivity contribution in [3.05, 3.63) is 96.6 Å². The number of para-hydroxylation sites is 2. The molecule has 0 aliphatic rings. The molecule has 0 saturated carbocycles. The van der Waals surface area contributed by atoms with Crippen molar-refractivity contribution in [3.8, 4) is 11.5 Å². The van der Waals surface area contributed by atoms with Crippen LogP contribution in [0.3, 0.4) is 0 Å². The van der Waals surface area contributed by atoms with Gasteiger partial charge in [-0.2, -0.15) is 0 Å². The Morgan fingerprint density at radius 2 is 1.00 bits per heavy atom. The molecular weight excluding hydrogens is 384 g/mol. The molecule has 0 aliphatic heterocycles. The number of hydrogen-bond acceptors (Lipinski definition) is 6. The van der Waals surface area contributed by atoms with Gasteiger partial charge in [0.05, 0.1) is 18.4 Å². The van der Waals surface area contributed by atoms with Gasteiger partial charge in [-0.25, -0.2) is 4.79 Å². The molecule has 0 heterocycles. The van der Waals surface area contributed by atoms with Crippen LogP contribution in [0, 0.1) is 0 Å². The zero-order chi connectivity index (χ0) is 21.2. The molecule has 0 spiro atoms. The Morgan fingerprint density at radius 1 is 0.600 bits per heavy atom. The van der Waals surface area contributed by atoms with Crippen LogP contribution >= 0.6 is 0 Å². The first-order valence-electron chi connectivity index (χ1n) is 9.37. The third-order valence-corrected chi connectivity index (χ3v) is 4.02. The van der Waals surface area contributed by atoms with Crippen LogP contribution in [0.1, 0.15) is 23.2 Å². The molecule has 0 amide bonds. The Morgan fingerprint density at radius 3 is 1.43 bits per heavy atom. The average Bonchev–Trinajstić information content (AvgIpc) is 2.75. The van der Waals surface area contributed by atoms with Crippen LogP contribution in [0.4, 0.5) is 0 Å². The fraction of sp³-hybridized carbons (Fsp3) is 0.125. The molecule has 0 bridgehead atoms. The Balaban J connectivity index is 1.66. The topological polar surface area (TPSA) is 78.9 Å². The lowest BCUT2D eigenvalue weighted by Crippen LogP contribution is -2.28. The third kappa shape index (κ3) is 6.60. The van der Waals surface area contributed by atoms with Gasteiger partial charge < -0.3 is 14.2 Å². The Labute approximate surface area is 174 Å². The van der Waals surface area contributed by atoms with Crippen LogP contribution in [-0.4, -0.2) is 24.0 Å². The molecule has 0 unspecified atom stereocenters. The van der Waals surface area contributed by atoms with Gasteiger partial charge in [0.2, 0.25) is 0 Å². The third-order valence-electron chi connectivity index (χ3n) is 4.02. The van der Waals surface area contributed by atoms with E-state index in [1.54, 1.807) is 91.0 Å². The fourth-order valence-corrected chi connectivity index (χ4v) is 2.64. The van der Waals surface area contributed by atoms with Gasteiger partial charge in [0.1, 0.15) is 17.6 Å². The second-order valence-electron chi connectivity index (χ2n) is 6.38. The summed E-state index contributed by atoms with van der Waals surface area (Å²) >= 11 is 0. The number of ether oxygens (including phenoxy) is 3. The molecule has 0 N–H and O–H groups in total. The lowest BCUT2D eigenvalue weighted by molar-refractivity contribution is -0.139. The first-order chi connectivity index (χ1) is 14.6. The molecule has 152 valence electrons. The highest BCUT2D eigenvalue weighted by Gasteiger charge is 2.24. The van der Waals surface area contributed by atoms with Crippen LogP contribution in [-0.2, 0) is 14.3 Å². The first-order valence-corrected chi connectivity index (χ1v) is 9.37. The highest BCUT2D eigenvalue weighted by molar-refractivity contribution is 5.90. The Bertz CT molecular complexity index is 915. The van der Waals surface area contributed by atoms with Gasteiger partial charge in [-0.05, 0) is 36.4 Å². The summed E-state index contributed by atoms with van der Waals surface area (Å²) in [6.45, 7) is 0. The van der Waals surface area contributed by atoms with Crippen molar-refractivity contribution in [2.75, 3.05) is 0 Å². The average molecular weight is 404 g/mol. The molecule has 6 nitrogen and oxygen atoms in total. The minimum atomic E-state index is -1.04. The summed E-state index contributed by atoms with van der Waals surface area (Å²) in [7, 11) is 0. The molecule has 0 fully saturated rings. The minimum absolute atomic E-state index is 0.294. The predicted molar refractivity (Wildman–Crippen MR) is 109 cm³/mol. The van der Waals surface area contributed by atoms with Crippen molar-refractivity contribution >= 4 is 17.9 Å². The SMILES string of the molecule is O=C(CC(CC(=O)Oc1ccccc1)OC(=O)c1ccccc1)Oc1ccccc1. The largest absolute Gasteiger partial charge is 0.458 e. The highest BCUT2D eigenvalue weighted by atomic mass is 16.6. The quantitative estimate of drug-likeness (QED) is 0.414. The van der Waals surface area contributed by atoms with Crippen molar-refractivity contribution < 1.29 is 28.6 Å². The maximum Gasteiger partial charge on any atom is 0.338 e. The predicted octanol–water partition coefficient (Wildman–Crippen LogP) is 4.20. The van der Waals surface area contributed by atoms with E-state index in [2.05, 4.69) is 0 Å². The number of esters is 3. The van der Waals surface area contributed by atoms with Gasteiger partial charge in [-0.3, -0.25) is 9.59 Å².